The molecule has 0 saturated carbocycles. The maximum atomic E-state index is 13.9. The quantitative estimate of drug-likeness (QED) is 0.298. The van der Waals surface area contributed by atoms with Gasteiger partial charge in [-0.05, 0) is 69.4 Å². The smallest absolute Gasteiger partial charge is 0.243 e. The summed E-state index contributed by atoms with van der Waals surface area (Å²) in [7, 11) is -3.57. The molecular weight excluding hydrogens is 534 g/mol. The molecule has 3 aromatic rings. The van der Waals surface area contributed by atoms with Crippen molar-refractivity contribution in [3.05, 3.63) is 101 Å². The molecule has 0 aliphatic heterocycles. The van der Waals surface area contributed by atoms with E-state index in [1.54, 1.807) is 4.90 Å². The molecule has 1 atom stereocenters. The molecule has 7 nitrogen and oxygen atoms in total. The highest BCUT2D eigenvalue weighted by Crippen LogP contribution is 2.25. The summed E-state index contributed by atoms with van der Waals surface area (Å²) < 4.78 is 26.9. The second kappa shape index (κ2) is 14.3. The minimum Gasteiger partial charge on any atom is -0.352 e. The summed E-state index contributed by atoms with van der Waals surface area (Å²) in [6.07, 6.45) is 1.97. The lowest BCUT2D eigenvalue weighted by Gasteiger charge is -2.32. The van der Waals surface area contributed by atoms with Gasteiger partial charge in [-0.25, -0.2) is 8.42 Å². The van der Waals surface area contributed by atoms with Crippen LogP contribution < -0.4 is 9.62 Å². The van der Waals surface area contributed by atoms with E-state index in [2.05, 4.69) is 5.32 Å². The van der Waals surface area contributed by atoms with Gasteiger partial charge in [0.2, 0.25) is 21.8 Å². The first kappa shape index (κ1) is 31.9. The second-order valence-corrected chi connectivity index (χ2v) is 13.0. The highest BCUT2D eigenvalue weighted by Gasteiger charge is 2.31. The van der Waals surface area contributed by atoms with E-state index in [4.69, 9.17) is 0 Å². The van der Waals surface area contributed by atoms with Gasteiger partial charge in [-0.15, -0.1) is 0 Å². The molecule has 0 heterocycles. The molecule has 1 N–H and O–H groups in total. The summed E-state index contributed by atoms with van der Waals surface area (Å²) in [5, 5.41) is 3.00. The molecular formula is C33H43N3O4S. The zero-order chi connectivity index (χ0) is 30.2. The Kier molecular flexibility index (Phi) is 11.1. The van der Waals surface area contributed by atoms with Gasteiger partial charge >= 0.3 is 0 Å². The van der Waals surface area contributed by atoms with Crippen LogP contribution in [0.3, 0.4) is 0 Å². The Bertz CT molecular complexity index is 1440. The minimum atomic E-state index is -3.57. The highest BCUT2D eigenvalue weighted by molar-refractivity contribution is 7.92. The van der Waals surface area contributed by atoms with Crippen LogP contribution in [0, 0.1) is 20.8 Å². The molecule has 0 saturated heterocycles. The molecule has 0 spiro atoms. The zero-order valence-corrected chi connectivity index (χ0v) is 25.9. The molecule has 0 radical (unpaired) electrons. The fraction of sp³-hybridized carbons (Fsp3) is 0.394. The van der Waals surface area contributed by atoms with E-state index in [1.165, 1.54) is 10.6 Å². The van der Waals surface area contributed by atoms with Gasteiger partial charge in [0.15, 0.2) is 0 Å². The molecule has 41 heavy (non-hydrogen) atoms. The minimum absolute atomic E-state index is 0.0856. The van der Waals surface area contributed by atoms with Crippen molar-refractivity contribution in [1.29, 1.82) is 0 Å². The molecule has 0 bridgehead atoms. The van der Waals surface area contributed by atoms with Crippen molar-refractivity contribution in [2.24, 2.45) is 0 Å². The number of nitrogens with one attached hydrogen (secondary N) is 1. The maximum absolute atomic E-state index is 13.9. The molecule has 0 aromatic heterocycles. The number of anilines is 1. The predicted molar refractivity (Wildman–Crippen MR) is 166 cm³/mol. The van der Waals surface area contributed by atoms with Crippen LogP contribution in [0.4, 0.5) is 5.69 Å². The molecule has 220 valence electrons. The third-order valence-electron chi connectivity index (χ3n) is 6.92. The van der Waals surface area contributed by atoms with E-state index in [9.17, 15) is 18.0 Å². The Hall–Kier alpha value is -3.65. The van der Waals surface area contributed by atoms with Gasteiger partial charge in [0, 0.05) is 32.0 Å². The monoisotopic (exact) mass is 577 g/mol. The van der Waals surface area contributed by atoms with Gasteiger partial charge in [-0.3, -0.25) is 13.9 Å². The van der Waals surface area contributed by atoms with Crippen molar-refractivity contribution in [1.82, 2.24) is 10.2 Å². The number of hydrogen-bond acceptors (Lipinski definition) is 4. The number of hydrogen-bond donors (Lipinski definition) is 1. The number of carbonyl (C=O) groups is 2. The summed E-state index contributed by atoms with van der Waals surface area (Å²) in [5.41, 5.74) is 5.38. The van der Waals surface area contributed by atoms with Gasteiger partial charge in [0.1, 0.15) is 6.04 Å². The molecule has 2 amide bonds. The van der Waals surface area contributed by atoms with Crippen molar-refractivity contribution in [2.75, 3.05) is 17.1 Å². The van der Waals surface area contributed by atoms with Crippen LogP contribution >= 0.6 is 0 Å². The zero-order valence-electron chi connectivity index (χ0n) is 25.1. The Morgan fingerprint density at radius 3 is 2.15 bits per heavy atom. The van der Waals surface area contributed by atoms with Crippen LogP contribution in [0.15, 0.2) is 72.8 Å². The number of amides is 2. The molecule has 1 unspecified atom stereocenters. The fourth-order valence-corrected chi connectivity index (χ4v) is 5.93. The first-order chi connectivity index (χ1) is 19.3. The molecule has 0 aliphatic rings. The summed E-state index contributed by atoms with van der Waals surface area (Å²) in [6, 6.07) is 22.5. The highest BCUT2D eigenvalue weighted by atomic mass is 32.2. The standard InChI is InChI=1S/C33H43N3O4S/c1-24(2)34-33(38)31(22-28-13-8-7-9-14-28)35(23-29-15-10-12-25(3)20-29)32(37)16-11-19-36(41(6,39)40)30-21-26(4)17-18-27(30)5/h7-10,12-15,17-18,20-21,24,31H,11,16,19,22-23H2,1-6H3,(H,34,38). The number of carbonyl (C=O) groups excluding carboxylic acids is 2. The second-order valence-electron chi connectivity index (χ2n) is 11.1. The number of benzene rings is 3. The van der Waals surface area contributed by atoms with Crippen LogP contribution in [0.5, 0.6) is 0 Å². The number of nitrogens with zero attached hydrogens (tertiary/aromatic N) is 2. The molecule has 0 fully saturated rings. The molecule has 0 aliphatic carbocycles. The molecule has 8 heteroatoms. The topological polar surface area (TPSA) is 86.8 Å². The van der Waals surface area contributed by atoms with Gasteiger partial charge in [0.25, 0.3) is 0 Å². The van der Waals surface area contributed by atoms with Gasteiger partial charge in [-0.2, -0.15) is 0 Å². The maximum Gasteiger partial charge on any atom is 0.243 e. The lowest BCUT2D eigenvalue weighted by atomic mass is 10.0. The van der Waals surface area contributed by atoms with E-state index >= 15 is 0 Å². The van der Waals surface area contributed by atoms with E-state index in [0.717, 1.165) is 27.8 Å². The van der Waals surface area contributed by atoms with Crippen molar-refractivity contribution in [3.63, 3.8) is 0 Å². The lowest BCUT2D eigenvalue weighted by Crippen LogP contribution is -2.51. The first-order valence-corrected chi connectivity index (χ1v) is 15.9. The van der Waals surface area contributed by atoms with Crippen LogP contribution in [-0.2, 0) is 32.6 Å². The molecule has 3 aromatic carbocycles. The van der Waals surface area contributed by atoms with Crippen LogP contribution in [0.1, 0.15) is 54.5 Å². The van der Waals surface area contributed by atoms with E-state index in [-0.39, 0.29) is 37.4 Å². The number of rotatable bonds is 13. The van der Waals surface area contributed by atoms with Crippen LogP contribution in [0.25, 0.3) is 0 Å². The number of aryl methyl sites for hydroxylation is 3. The summed E-state index contributed by atoms with van der Waals surface area (Å²) in [6.45, 7) is 10.0. The van der Waals surface area contributed by atoms with Gasteiger partial charge in [-0.1, -0.05) is 72.3 Å². The first-order valence-electron chi connectivity index (χ1n) is 14.1. The lowest BCUT2D eigenvalue weighted by molar-refractivity contribution is -0.141. The predicted octanol–water partition coefficient (Wildman–Crippen LogP) is 5.32. The van der Waals surface area contributed by atoms with Crippen molar-refractivity contribution in [2.45, 2.75) is 72.5 Å². The Balaban J connectivity index is 1.90. The Morgan fingerprint density at radius 1 is 0.854 bits per heavy atom. The average Bonchev–Trinajstić information content (AvgIpc) is 2.89. The van der Waals surface area contributed by atoms with Crippen LogP contribution in [-0.4, -0.2) is 50.0 Å². The Labute approximate surface area is 245 Å². The summed E-state index contributed by atoms with van der Waals surface area (Å²) in [4.78, 5) is 29.1. The SMILES string of the molecule is Cc1cccc(CN(C(=O)CCCN(c2cc(C)ccc2C)S(C)(=O)=O)C(Cc2ccccc2)C(=O)NC(C)C)c1. The van der Waals surface area contributed by atoms with E-state index in [1.807, 2.05) is 107 Å². The molecule has 3 rings (SSSR count). The van der Waals surface area contributed by atoms with Crippen LogP contribution in [0.2, 0.25) is 0 Å². The Morgan fingerprint density at radius 2 is 1.51 bits per heavy atom. The van der Waals surface area contributed by atoms with Crippen molar-refractivity contribution >= 4 is 27.5 Å². The van der Waals surface area contributed by atoms with Crippen molar-refractivity contribution in [3.8, 4) is 0 Å². The number of sulfonamides is 1. The third kappa shape index (κ3) is 9.46. The summed E-state index contributed by atoms with van der Waals surface area (Å²) in [5.74, 6) is -0.404. The van der Waals surface area contributed by atoms with Crippen molar-refractivity contribution < 1.29 is 18.0 Å². The summed E-state index contributed by atoms with van der Waals surface area (Å²) >= 11 is 0. The van der Waals surface area contributed by atoms with E-state index in [0.29, 0.717) is 18.5 Å². The third-order valence-corrected chi connectivity index (χ3v) is 8.10. The average molecular weight is 578 g/mol. The largest absolute Gasteiger partial charge is 0.352 e. The van der Waals surface area contributed by atoms with Gasteiger partial charge in [0.05, 0.1) is 11.9 Å². The van der Waals surface area contributed by atoms with E-state index < -0.39 is 16.1 Å². The fourth-order valence-electron chi connectivity index (χ4n) is 4.91. The van der Waals surface area contributed by atoms with Gasteiger partial charge < -0.3 is 10.2 Å². The normalized spacial score (nSPS) is 12.2.